The maximum atomic E-state index is 11.6. The summed E-state index contributed by atoms with van der Waals surface area (Å²) < 4.78 is 10.5. The van der Waals surface area contributed by atoms with Crippen LogP contribution in [-0.4, -0.2) is 25.2 Å². The molecule has 4 nitrogen and oxygen atoms in total. The highest BCUT2D eigenvalue weighted by Crippen LogP contribution is 2.25. The lowest BCUT2D eigenvalue weighted by molar-refractivity contribution is -0.124. The Morgan fingerprint density at radius 2 is 1.82 bits per heavy atom. The van der Waals surface area contributed by atoms with Crippen LogP contribution in [0.2, 0.25) is 0 Å². The van der Waals surface area contributed by atoms with Crippen LogP contribution in [0.1, 0.15) is 20.8 Å². The molecule has 0 fully saturated rings. The van der Waals surface area contributed by atoms with E-state index < -0.39 is 0 Å². The van der Waals surface area contributed by atoms with Gasteiger partial charge in [-0.3, -0.25) is 4.79 Å². The molecule has 0 saturated carbocycles. The molecule has 1 aromatic carbocycles. The number of amides is 1. The van der Waals surface area contributed by atoms with Crippen molar-refractivity contribution >= 4 is 5.91 Å². The van der Waals surface area contributed by atoms with Crippen LogP contribution in [0.25, 0.3) is 0 Å². The summed E-state index contributed by atoms with van der Waals surface area (Å²) in [6.45, 7) is 5.76. The molecular formula is C13H19NO3. The van der Waals surface area contributed by atoms with Crippen molar-refractivity contribution in [3.8, 4) is 11.5 Å². The molecular weight excluding hydrogens is 218 g/mol. The predicted octanol–water partition coefficient (Wildman–Crippen LogP) is 1.99. The van der Waals surface area contributed by atoms with Crippen molar-refractivity contribution in [1.29, 1.82) is 0 Å². The van der Waals surface area contributed by atoms with Crippen LogP contribution in [-0.2, 0) is 4.79 Å². The molecule has 0 radical (unpaired) electrons. The molecule has 0 spiro atoms. The fourth-order valence-electron chi connectivity index (χ4n) is 1.34. The highest BCUT2D eigenvalue weighted by atomic mass is 16.5. The molecule has 1 N–H and O–H groups in total. The largest absolute Gasteiger partial charge is 0.493 e. The molecule has 1 amide bonds. The third kappa shape index (κ3) is 4.76. The van der Waals surface area contributed by atoms with E-state index in [0.717, 1.165) is 0 Å². The Balaban J connectivity index is 2.53. The maximum Gasteiger partial charge on any atom is 0.258 e. The van der Waals surface area contributed by atoms with E-state index in [9.17, 15) is 4.79 Å². The number of ether oxygens (including phenoxy) is 2. The van der Waals surface area contributed by atoms with Gasteiger partial charge in [0.05, 0.1) is 7.11 Å². The van der Waals surface area contributed by atoms with Crippen LogP contribution >= 0.6 is 0 Å². The zero-order chi connectivity index (χ0) is 12.9. The fourth-order valence-corrected chi connectivity index (χ4v) is 1.34. The number of hydrogen-bond acceptors (Lipinski definition) is 3. The van der Waals surface area contributed by atoms with E-state index in [4.69, 9.17) is 9.47 Å². The number of methoxy groups -OCH3 is 1. The van der Waals surface area contributed by atoms with Gasteiger partial charge in [-0.15, -0.1) is 0 Å². The molecule has 0 saturated heterocycles. The van der Waals surface area contributed by atoms with Gasteiger partial charge in [0.15, 0.2) is 18.1 Å². The minimum absolute atomic E-state index is 0.0162. The van der Waals surface area contributed by atoms with Crippen molar-refractivity contribution < 1.29 is 14.3 Å². The van der Waals surface area contributed by atoms with Crippen molar-refractivity contribution in [2.75, 3.05) is 13.7 Å². The summed E-state index contributed by atoms with van der Waals surface area (Å²) in [6.07, 6.45) is 0. The first-order valence-corrected chi connectivity index (χ1v) is 5.49. The van der Waals surface area contributed by atoms with E-state index >= 15 is 0 Å². The zero-order valence-corrected chi connectivity index (χ0v) is 10.7. The lowest BCUT2D eigenvalue weighted by Gasteiger charge is -2.20. The second-order valence-corrected chi connectivity index (χ2v) is 4.74. The number of carbonyl (C=O) groups excluding carboxylic acids is 1. The number of hydrogen-bond donors (Lipinski definition) is 1. The Hall–Kier alpha value is -1.71. The van der Waals surface area contributed by atoms with E-state index in [-0.39, 0.29) is 18.1 Å². The highest BCUT2D eigenvalue weighted by molar-refractivity contribution is 5.78. The number of benzene rings is 1. The van der Waals surface area contributed by atoms with E-state index in [1.807, 2.05) is 32.9 Å². The van der Waals surface area contributed by atoms with Gasteiger partial charge in [-0.1, -0.05) is 12.1 Å². The first-order chi connectivity index (χ1) is 7.92. The minimum Gasteiger partial charge on any atom is -0.493 e. The van der Waals surface area contributed by atoms with Crippen LogP contribution in [0, 0.1) is 0 Å². The summed E-state index contributed by atoms with van der Waals surface area (Å²) in [6, 6.07) is 7.24. The fraction of sp³-hybridized carbons (Fsp3) is 0.462. The Bertz CT molecular complexity index is 382. The molecule has 0 aliphatic rings. The molecule has 4 heteroatoms. The average molecular weight is 237 g/mol. The second-order valence-electron chi connectivity index (χ2n) is 4.74. The van der Waals surface area contributed by atoms with Crippen LogP contribution < -0.4 is 14.8 Å². The molecule has 0 atom stereocenters. The van der Waals surface area contributed by atoms with Gasteiger partial charge in [0.25, 0.3) is 5.91 Å². The normalized spacial score (nSPS) is 10.8. The van der Waals surface area contributed by atoms with Gasteiger partial charge in [-0.2, -0.15) is 0 Å². The maximum absolute atomic E-state index is 11.6. The monoisotopic (exact) mass is 237 g/mol. The summed E-state index contributed by atoms with van der Waals surface area (Å²) in [4.78, 5) is 11.6. The lowest BCUT2D eigenvalue weighted by Crippen LogP contribution is -2.43. The smallest absolute Gasteiger partial charge is 0.258 e. The molecule has 0 bridgehead atoms. The standard InChI is InChI=1S/C13H19NO3/c1-13(2,3)14-12(15)9-17-11-8-6-5-7-10(11)16-4/h5-8H,9H2,1-4H3,(H,14,15). The Labute approximate surface area is 102 Å². The molecule has 94 valence electrons. The summed E-state index contributed by atoms with van der Waals surface area (Å²) >= 11 is 0. The van der Waals surface area contributed by atoms with Crippen molar-refractivity contribution in [2.45, 2.75) is 26.3 Å². The molecule has 0 aliphatic heterocycles. The Morgan fingerprint density at radius 1 is 1.24 bits per heavy atom. The summed E-state index contributed by atoms with van der Waals surface area (Å²) in [5.74, 6) is 1.04. The van der Waals surface area contributed by atoms with Gasteiger partial charge in [0.1, 0.15) is 0 Å². The summed E-state index contributed by atoms with van der Waals surface area (Å²) in [5.41, 5.74) is -0.249. The molecule has 0 heterocycles. The molecule has 1 aromatic rings. The third-order valence-corrected chi connectivity index (χ3v) is 1.94. The van der Waals surface area contributed by atoms with Gasteiger partial charge in [-0.25, -0.2) is 0 Å². The van der Waals surface area contributed by atoms with Crippen molar-refractivity contribution in [3.05, 3.63) is 24.3 Å². The second kappa shape index (κ2) is 5.57. The van der Waals surface area contributed by atoms with E-state index in [1.54, 1.807) is 19.2 Å². The average Bonchev–Trinajstić information content (AvgIpc) is 2.24. The van der Waals surface area contributed by atoms with Crippen molar-refractivity contribution in [1.82, 2.24) is 5.32 Å². The van der Waals surface area contributed by atoms with Crippen LogP contribution in [0.3, 0.4) is 0 Å². The van der Waals surface area contributed by atoms with Crippen LogP contribution in [0.4, 0.5) is 0 Å². The predicted molar refractivity (Wildman–Crippen MR) is 66.4 cm³/mol. The van der Waals surface area contributed by atoms with Gasteiger partial charge in [0.2, 0.25) is 0 Å². The third-order valence-electron chi connectivity index (χ3n) is 1.94. The molecule has 0 aliphatic carbocycles. The number of carbonyl (C=O) groups is 1. The lowest BCUT2D eigenvalue weighted by atomic mass is 10.1. The topological polar surface area (TPSA) is 47.6 Å². The zero-order valence-electron chi connectivity index (χ0n) is 10.7. The van der Waals surface area contributed by atoms with Crippen molar-refractivity contribution in [3.63, 3.8) is 0 Å². The Morgan fingerprint density at radius 3 is 2.35 bits per heavy atom. The van der Waals surface area contributed by atoms with Gasteiger partial charge < -0.3 is 14.8 Å². The molecule has 0 aromatic heterocycles. The highest BCUT2D eigenvalue weighted by Gasteiger charge is 2.14. The van der Waals surface area contributed by atoms with Crippen molar-refractivity contribution in [2.24, 2.45) is 0 Å². The number of rotatable bonds is 4. The van der Waals surface area contributed by atoms with E-state index in [2.05, 4.69) is 5.32 Å². The summed E-state index contributed by atoms with van der Waals surface area (Å²) in [7, 11) is 1.57. The first kappa shape index (κ1) is 13.4. The first-order valence-electron chi connectivity index (χ1n) is 5.49. The quantitative estimate of drug-likeness (QED) is 0.871. The van der Waals surface area contributed by atoms with E-state index in [0.29, 0.717) is 11.5 Å². The Kier molecular flexibility index (Phi) is 4.37. The number of nitrogens with one attached hydrogen (secondary N) is 1. The van der Waals surface area contributed by atoms with Gasteiger partial charge >= 0.3 is 0 Å². The van der Waals surface area contributed by atoms with Crippen LogP contribution in [0.5, 0.6) is 11.5 Å². The van der Waals surface area contributed by atoms with Gasteiger partial charge in [-0.05, 0) is 32.9 Å². The minimum atomic E-state index is -0.249. The SMILES string of the molecule is COc1ccccc1OCC(=O)NC(C)(C)C. The van der Waals surface area contributed by atoms with E-state index in [1.165, 1.54) is 0 Å². The van der Waals surface area contributed by atoms with Crippen LogP contribution in [0.15, 0.2) is 24.3 Å². The van der Waals surface area contributed by atoms with Gasteiger partial charge in [0, 0.05) is 5.54 Å². The molecule has 17 heavy (non-hydrogen) atoms. The number of para-hydroxylation sites is 2. The summed E-state index contributed by atoms with van der Waals surface area (Å²) in [5, 5.41) is 2.82. The molecule has 1 rings (SSSR count). The molecule has 0 unspecified atom stereocenters.